The van der Waals surface area contributed by atoms with Gasteiger partial charge in [0.05, 0.1) is 6.54 Å². The molecule has 0 amide bonds. The van der Waals surface area contributed by atoms with Gasteiger partial charge >= 0.3 is 6.18 Å². The third kappa shape index (κ3) is 3.50. The molecule has 19 heavy (non-hydrogen) atoms. The zero-order valence-electron chi connectivity index (χ0n) is 10.7. The number of ether oxygens (including phenoxy) is 1. The summed E-state index contributed by atoms with van der Waals surface area (Å²) in [7, 11) is 1.65. The molecule has 0 bridgehead atoms. The molecule has 0 aliphatic carbocycles. The number of rotatable bonds is 3. The first-order valence-corrected chi connectivity index (χ1v) is 5.88. The molecular formula is C12H15F3N2O2. The lowest BCUT2D eigenvalue weighted by molar-refractivity contribution is -0.162. The first-order chi connectivity index (χ1) is 8.74. The lowest BCUT2D eigenvalue weighted by atomic mass is 10.1. The second-order valence-corrected chi connectivity index (χ2v) is 4.78. The standard InChI is InChI=1S/C12H15F3N2O2/c1-8-3-9(4-11(18)16(8)2)19-10-5-17(6-10)7-12(13,14)15/h3-4,10H,5-7H2,1-2H3. The second-order valence-electron chi connectivity index (χ2n) is 4.78. The van der Waals surface area contributed by atoms with E-state index in [1.54, 1.807) is 20.0 Å². The minimum absolute atomic E-state index is 0.193. The van der Waals surface area contributed by atoms with Gasteiger partial charge in [-0.2, -0.15) is 13.2 Å². The van der Waals surface area contributed by atoms with Crippen molar-refractivity contribution >= 4 is 0 Å². The van der Waals surface area contributed by atoms with E-state index in [0.29, 0.717) is 5.75 Å². The summed E-state index contributed by atoms with van der Waals surface area (Å²) in [5.74, 6) is 0.414. The monoisotopic (exact) mass is 276 g/mol. The van der Waals surface area contributed by atoms with E-state index in [-0.39, 0.29) is 24.8 Å². The van der Waals surface area contributed by atoms with Gasteiger partial charge in [0.25, 0.3) is 5.56 Å². The van der Waals surface area contributed by atoms with Crippen molar-refractivity contribution in [2.24, 2.45) is 7.05 Å². The van der Waals surface area contributed by atoms with Crippen molar-refractivity contribution in [3.05, 3.63) is 28.2 Å². The van der Waals surface area contributed by atoms with Gasteiger partial charge < -0.3 is 9.30 Å². The van der Waals surface area contributed by atoms with Crippen LogP contribution in [0.25, 0.3) is 0 Å². The van der Waals surface area contributed by atoms with Crippen LogP contribution in [0.1, 0.15) is 5.69 Å². The third-order valence-corrected chi connectivity index (χ3v) is 3.11. The predicted molar refractivity (Wildman–Crippen MR) is 63.3 cm³/mol. The Kier molecular flexibility index (Phi) is 3.58. The third-order valence-electron chi connectivity index (χ3n) is 3.11. The number of hydrogen-bond donors (Lipinski definition) is 0. The summed E-state index contributed by atoms with van der Waals surface area (Å²) in [5, 5.41) is 0. The largest absolute Gasteiger partial charge is 0.487 e. The average Bonchev–Trinajstić information content (AvgIpc) is 2.21. The zero-order chi connectivity index (χ0) is 14.2. The molecule has 1 aromatic heterocycles. The number of pyridine rings is 1. The van der Waals surface area contributed by atoms with Crippen molar-refractivity contribution in [2.75, 3.05) is 19.6 Å². The Hall–Kier alpha value is -1.50. The van der Waals surface area contributed by atoms with Crippen LogP contribution in [0.5, 0.6) is 5.75 Å². The fraction of sp³-hybridized carbons (Fsp3) is 0.583. The van der Waals surface area contributed by atoms with Gasteiger partial charge in [-0.05, 0) is 13.0 Å². The number of alkyl halides is 3. The van der Waals surface area contributed by atoms with Crippen LogP contribution in [0.4, 0.5) is 13.2 Å². The van der Waals surface area contributed by atoms with Crippen LogP contribution in [-0.2, 0) is 7.05 Å². The van der Waals surface area contributed by atoms with E-state index in [9.17, 15) is 18.0 Å². The van der Waals surface area contributed by atoms with Gasteiger partial charge in [0.2, 0.25) is 0 Å². The van der Waals surface area contributed by atoms with Crippen molar-refractivity contribution in [2.45, 2.75) is 19.2 Å². The fourth-order valence-corrected chi connectivity index (χ4v) is 1.98. The van der Waals surface area contributed by atoms with Crippen LogP contribution in [0.3, 0.4) is 0 Å². The van der Waals surface area contributed by atoms with Gasteiger partial charge in [-0.15, -0.1) is 0 Å². The second kappa shape index (κ2) is 4.88. The number of aryl methyl sites for hydroxylation is 1. The number of likely N-dealkylation sites (tertiary alicyclic amines) is 1. The summed E-state index contributed by atoms with van der Waals surface area (Å²) in [5.41, 5.74) is 0.551. The van der Waals surface area contributed by atoms with E-state index in [0.717, 1.165) is 5.69 Å². The number of nitrogens with zero attached hydrogens (tertiary/aromatic N) is 2. The summed E-state index contributed by atoms with van der Waals surface area (Å²) in [4.78, 5) is 12.8. The molecule has 1 aliphatic heterocycles. The summed E-state index contributed by atoms with van der Waals surface area (Å²) < 4.78 is 43.3. The summed E-state index contributed by atoms with van der Waals surface area (Å²) in [6, 6.07) is 3.05. The minimum Gasteiger partial charge on any atom is -0.487 e. The Balaban J connectivity index is 1.90. The van der Waals surface area contributed by atoms with Crippen LogP contribution in [-0.4, -0.2) is 41.4 Å². The minimum atomic E-state index is -4.18. The van der Waals surface area contributed by atoms with Gasteiger partial charge in [0, 0.05) is 31.9 Å². The van der Waals surface area contributed by atoms with E-state index in [2.05, 4.69) is 0 Å². The summed E-state index contributed by atoms with van der Waals surface area (Å²) >= 11 is 0. The molecule has 0 unspecified atom stereocenters. The molecule has 106 valence electrons. The molecule has 1 saturated heterocycles. The molecule has 1 aliphatic rings. The van der Waals surface area contributed by atoms with Crippen molar-refractivity contribution < 1.29 is 17.9 Å². The van der Waals surface area contributed by atoms with E-state index < -0.39 is 12.7 Å². The summed E-state index contributed by atoms with van der Waals surface area (Å²) in [6.45, 7) is 1.31. The van der Waals surface area contributed by atoms with E-state index in [1.807, 2.05) is 0 Å². The maximum Gasteiger partial charge on any atom is 0.401 e. The van der Waals surface area contributed by atoms with E-state index >= 15 is 0 Å². The fourth-order valence-electron chi connectivity index (χ4n) is 1.98. The van der Waals surface area contributed by atoms with Crippen molar-refractivity contribution in [1.82, 2.24) is 9.47 Å². The highest BCUT2D eigenvalue weighted by Crippen LogP contribution is 2.22. The van der Waals surface area contributed by atoms with Crippen LogP contribution < -0.4 is 10.3 Å². The lowest BCUT2D eigenvalue weighted by Crippen LogP contribution is -2.56. The molecule has 1 aromatic rings. The molecule has 1 fully saturated rings. The first-order valence-electron chi connectivity index (χ1n) is 5.88. The van der Waals surface area contributed by atoms with Crippen LogP contribution in [0, 0.1) is 6.92 Å². The topological polar surface area (TPSA) is 34.5 Å². The Morgan fingerprint density at radius 3 is 2.53 bits per heavy atom. The zero-order valence-corrected chi connectivity index (χ0v) is 10.7. The van der Waals surface area contributed by atoms with Crippen LogP contribution in [0.2, 0.25) is 0 Å². The highest BCUT2D eigenvalue weighted by molar-refractivity contribution is 5.23. The van der Waals surface area contributed by atoms with Crippen molar-refractivity contribution in [1.29, 1.82) is 0 Å². The molecule has 0 spiro atoms. The molecule has 4 nitrogen and oxygen atoms in total. The molecule has 0 radical (unpaired) electrons. The quantitative estimate of drug-likeness (QED) is 0.835. The highest BCUT2D eigenvalue weighted by Gasteiger charge is 2.37. The predicted octanol–water partition coefficient (Wildman–Crippen LogP) is 1.32. The molecule has 2 rings (SSSR count). The molecule has 2 heterocycles. The van der Waals surface area contributed by atoms with Gasteiger partial charge in [0.1, 0.15) is 11.9 Å². The van der Waals surface area contributed by atoms with Crippen molar-refractivity contribution in [3.8, 4) is 5.75 Å². The Labute approximate surface area is 108 Å². The van der Waals surface area contributed by atoms with Crippen molar-refractivity contribution in [3.63, 3.8) is 0 Å². The van der Waals surface area contributed by atoms with E-state index in [4.69, 9.17) is 4.74 Å². The molecule has 7 heteroatoms. The molecule has 0 aromatic carbocycles. The van der Waals surface area contributed by atoms with Gasteiger partial charge in [-0.25, -0.2) is 0 Å². The SMILES string of the molecule is Cc1cc(OC2CN(CC(F)(F)F)C2)cc(=O)n1C. The van der Waals surface area contributed by atoms with Gasteiger partial charge in [-0.1, -0.05) is 0 Å². The average molecular weight is 276 g/mol. The Bertz CT molecular complexity index is 519. The smallest absolute Gasteiger partial charge is 0.401 e. The Morgan fingerprint density at radius 2 is 2.00 bits per heavy atom. The molecule has 0 atom stereocenters. The lowest BCUT2D eigenvalue weighted by Gasteiger charge is -2.39. The van der Waals surface area contributed by atoms with Gasteiger partial charge in [0.15, 0.2) is 0 Å². The number of aromatic nitrogens is 1. The maximum absolute atomic E-state index is 12.1. The first kappa shape index (κ1) is 13.9. The highest BCUT2D eigenvalue weighted by atomic mass is 19.4. The normalized spacial score (nSPS) is 17.3. The number of hydrogen-bond acceptors (Lipinski definition) is 3. The van der Waals surface area contributed by atoms with Gasteiger partial charge in [-0.3, -0.25) is 9.69 Å². The number of halogens is 3. The van der Waals surface area contributed by atoms with Crippen LogP contribution in [0.15, 0.2) is 16.9 Å². The van der Waals surface area contributed by atoms with E-state index in [1.165, 1.54) is 15.5 Å². The molecular weight excluding hydrogens is 261 g/mol. The Morgan fingerprint density at radius 1 is 1.37 bits per heavy atom. The van der Waals surface area contributed by atoms with Crippen LogP contribution >= 0.6 is 0 Å². The maximum atomic E-state index is 12.1. The summed E-state index contributed by atoms with van der Waals surface area (Å²) in [6.07, 6.45) is -4.46. The molecule has 0 N–H and O–H groups in total. The molecule has 0 saturated carbocycles.